The lowest BCUT2D eigenvalue weighted by atomic mass is 10.2. The summed E-state index contributed by atoms with van der Waals surface area (Å²) >= 11 is 0. The van der Waals surface area contributed by atoms with Crippen molar-refractivity contribution in [3.63, 3.8) is 0 Å². The Kier molecular flexibility index (Phi) is 25.8. The molecule has 13 heteroatoms. The highest BCUT2D eigenvalue weighted by molar-refractivity contribution is 5.86. The zero-order chi connectivity index (χ0) is 32.8. The summed E-state index contributed by atoms with van der Waals surface area (Å²) in [6, 6.07) is 0. The molecular weight excluding hydrogens is 578 g/mol. The van der Waals surface area contributed by atoms with Crippen molar-refractivity contribution in [3.8, 4) is 0 Å². The van der Waals surface area contributed by atoms with Crippen molar-refractivity contribution >= 4 is 35.9 Å². The number of esters is 5. The predicted octanol–water partition coefficient (Wildman–Crippen LogP) is 4.83. The minimum atomic E-state index is -0.617. The zero-order valence-electron chi connectivity index (χ0n) is 26.5. The summed E-state index contributed by atoms with van der Waals surface area (Å²) in [4.78, 5) is 69.0. The van der Waals surface area contributed by atoms with Crippen molar-refractivity contribution in [2.75, 3.05) is 40.3 Å². The van der Waals surface area contributed by atoms with Crippen LogP contribution in [0.1, 0.15) is 110 Å². The van der Waals surface area contributed by atoms with Crippen LogP contribution in [0.3, 0.4) is 0 Å². The van der Waals surface area contributed by atoms with Gasteiger partial charge in [0.25, 0.3) is 0 Å². The first-order valence-electron chi connectivity index (χ1n) is 15.4. The number of ether oxygens (including phenoxy) is 6. The first-order valence-corrected chi connectivity index (χ1v) is 15.4. The number of hydrogen-bond acceptors (Lipinski definition) is 12. The van der Waals surface area contributed by atoms with Gasteiger partial charge in [-0.15, -0.1) is 0 Å². The Bertz CT molecular complexity index is 874. The second-order valence-corrected chi connectivity index (χ2v) is 10.1. The highest BCUT2D eigenvalue weighted by atomic mass is 16.7. The number of unbranched alkanes of at least 4 members (excludes halogenated alkanes) is 8. The number of alkyl carbamates (subject to hydrolysis) is 1. The maximum Gasteiger partial charge on any atom is 0.406 e. The lowest BCUT2D eigenvalue weighted by molar-refractivity contribution is -0.164. The Hall–Kier alpha value is -3.64. The number of carbonyl (C=O) groups is 6. The lowest BCUT2D eigenvalue weighted by Crippen LogP contribution is -2.19. The molecule has 0 atom stereocenters. The van der Waals surface area contributed by atoms with Crippen LogP contribution in [0.25, 0.3) is 0 Å². The molecule has 0 aromatic rings. The first-order chi connectivity index (χ1) is 21.1. The molecule has 0 saturated heterocycles. The molecule has 0 fully saturated rings. The fourth-order valence-corrected chi connectivity index (χ4v) is 3.55. The Morgan fingerprint density at radius 3 is 1.16 bits per heavy atom. The van der Waals surface area contributed by atoms with Gasteiger partial charge in [0.2, 0.25) is 6.79 Å². The average molecular weight is 630 g/mol. The van der Waals surface area contributed by atoms with Crippen LogP contribution in [-0.4, -0.2) is 76.2 Å². The smallest absolute Gasteiger partial charge is 0.406 e. The van der Waals surface area contributed by atoms with Gasteiger partial charge < -0.3 is 33.7 Å². The van der Waals surface area contributed by atoms with E-state index in [-0.39, 0.29) is 36.5 Å². The van der Waals surface area contributed by atoms with Crippen LogP contribution in [0.2, 0.25) is 0 Å². The molecule has 0 aliphatic rings. The largest absolute Gasteiger partial charge is 0.466 e. The van der Waals surface area contributed by atoms with Crippen LogP contribution in [0, 0.1) is 0 Å². The molecule has 1 N–H and O–H groups in total. The molecule has 1 amide bonds. The molecule has 0 saturated carbocycles. The van der Waals surface area contributed by atoms with Gasteiger partial charge in [-0.2, -0.15) is 0 Å². The molecule has 13 nitrogen and oxygen atoms in total. The van der Waals surface area contributed by atoms with Gasteiger partial charge in [-0.05, 0) is 84.0 Å². The summed E-state index contributed by atoms with van der Waals surface area (Å²) in [5, 5.41) is 2.36. The van der Waals surface area contributed by atoms with Crippen molar-refractivity contribution in [3.05, 3.63) is 12.2 Å². The molecule has 0 aliphatic carbocycles. The van der Waals surface area contributed by atoms with E-state index in [1.807, 2.05) is 0 Å². The standard InChI is InChI=1S/C31H51NO12/c1-25(2)30(37)44-24-43-29(36)19-11-6-14-22-41-27(34)17-9-4-12-20-39-26(33)16-8-5-13-21-40-28(35)18-10-7-15-23-42-31(38)32-3/h1,4-24H2,2-3H3,(H,32,38). The zero-order valence-corrected chi connectivity index (χ0v) is 26.5. The second-order valence-electron chi connectivity index (χ2n) is 10.1. The summed E-state index contributed by atoms with van der Waals surface area (Å²) in [5.41, 5.74) is 0.225. The van der Waals surface area contributed by atoms with E-state index in [9.17, 15) is 28.8 Å². The Morgan fingerprint density at radius 2 is 0.818 bits per heavy atom. The monoisotopic (exact) mass is 629 g/mol. The Balaban J connectivity index is 3.47. The quantitative estimate of drug-likeness (QED) is 0.0432. The van der Waals surface area contributed by atoms with E-state index in [2.05, 4.69) is 16.6 Å². The first kappa shape index (κ1) is 40.4. The topological polar surface area (TPSA) is 170 Å². The number of hydrogen-bond donors (Lipinski definition) is 1. The van der Waals surface area contributed by atoms with E-state index in [1.165, 1.54) is 14.0 Å². The lowest BCUT2D eigenvalue weighted by Gasteiger charge is -2.07. The minimum Gasteiger partial charge on any atom is -0.466 e. The third kappa shape index (κ3) is 27.2. The Labute approximate surface area is 260 Å². The van der Waals surface area contributed by atoms with Crippen LogP contribution in [0.5, 0.6) is 0 Å². The highest BCUT2D eigenvalue weighted by Gasteiger charge is 2.08. The van der Waals surface area contributed by atoms with E-state index >= 15 is 0 Å². The molecule has 252 valence electrons. The van der Waals surface area contributed by atoms with E-state index in [0.29, 0.717) is 96.9 Å². The highest BCUT2D eigenvalue weighted by Crippen LogP contribution is 2.08. The summed E-state index contributed by atoms with van der Waals surface area (Å²) < 4.78 is 29.9. The molecule has 0 heterocycles. The SMILES string of the molecule is C=C(C)C(=O)OCOC(=O)CCCCCOC(=O)CCCCCOC(=O)CCCCCOC(=O)CCCCCOC(=O)NC. The van der Waals surface area contributed by atoms with E-state index in [1.54, 1.807) is 0 Å². The van der Waals surface area contributed by atoms with Crippen molar-refractivity contribution in [1.82, 2.24) is 5.32 Å². The molecule has 44 heavy (non-hydrogen) atoms. The van der Waals surface area contributed by atoms with Crippen LogP contribution in [0.4, 0.5) is 4.79 Å². The van der Waals surface area contributed by atoms with Gasteiger partial charge in [0, 0.05) is 38.3 Å². The maximum absolute atomic E-state index is 11.8. The number of nitrogens with one attached hydrogen (secondary N) is 1. The van der Waals surface area contributed by atoms with Gasteiger partial charge in [-0.3, -0.25) is 19.2 Å². The van der Waals surface area contributed by atoms with Crippen LogP contribution >= 0.6 is 0 Å². The molecule has 0 bridgehead atoms. The second kappa shape index (κ2) is 28.1. The molecule has 0 radical (unpaired) electrons. The van der Waals surface area contributed by atoms with Crippen LogP contribution < -0.4 is 5.32 Å². The fourth-order valence-electron chi connectivity index (χ4n) is 3.55. The average Bonchev–Trinajstić information content (AvgIpc) is 2.99. The third-order valence-electron chi connectivity index (χ3n) is 6.09. The van der Waals surface area contributed by atoms with Gasteiger partial charge in [-0.1, -0.05) is 6.58 Å². The molecule has 0 rings (SSSR count). The summed E-state index contributed by atoms with van der Waals surface area (Å²) in [7, 11) is 1.50. The van der Waals surface area contributed by atoms with Gasteiger partial charge in [0.1, 0.15) is 0 Å². The van der Waals surface area contributed by atoms with Gasteiger partial charge in [-0.25, -0.2) is 9.59 Å². The molecule has 0 aromatic heterocycles. The third-order valence-corrected chi connectivity index (χ3v) is 6.09. The van der Waals surface area contributed by atoms with Crippen LogP contribution in [-0.2, 0) is 52.4 Å². The van der Waals surface area contributed by atoms with Crippen molar-refractivity contribution in [1.29, 1.82) is 0 Å². The van der Waals surface area contributed by atoms with E-state index < -0.39 is 24.8 Å². The van der Waals surface area contributed by atoms with E-state index in [0.717, 1.165) is 19.3 Å². The van der Waals surface area contributed by atoms with Crippen molar-refractivity contribution in [2.24, 2.45) is 0 Å². The summed E-state index contributed by atoms with van der Waals surface area (Å²) in [6.07, 6.45) is 8.81. The normalized spacial score (nSPS) is 10.3. The molecule has 0 aliphatic heterocycles. The predicted molar refractivity (Wildman–Crippen MR) is 159 cm³/mol. The van der Waals surface area contributed by atoms with Gasteiger partial charge in [0.15, 0.2) is 0 Å². The number of rotatable bonds is 27. The molecular formula is C31H51NO12. The van der Waals surface area contributed by atoms with Crippen molar-refractivity contribution in [2.45, 2.75) is 110 Å². The maximum atomic E-state index is 11.8. The van der Waals surface area contributed by atoms with Gasteiger partial charge >= 0.3 is 35.9 Å². The number of amides is 1. The number of carbonyl (C=O) groups excluding carboxylic acids is 6. The molecule has 0 aromatic carbocycles. The van der Waals surface area contributed by atoms with E-state index in [4.69, 9.17) is 23.7 Å². The molecule has 0 unspecified atom stereocenters. The summed E-state index contributed by atoms with van der Waals surface area (Å²) in [5.74, 6) is -1.88. The summed E-state index contributed by atoms with van der Waals surface area (Å²) in [6.45, 7) is 5.72. The minimum absolute atomic E-state index is 0.183. The fraction of sp³-hybridized carbons (Fsp3) is 0.742. The van der Waals surface area contributed by atoms with Crippen LogP contribution in [0.15, 0.2) is 12.2 Å². The van der Waals surface area contributed by atoms with Gasteiger partial charge in [0.05, 0.1) is 26.4 Å². The molecule has 0 spiro atoms. The Morgan fingerprint density at radius 1 is 0.477 bits per heavy atom. The van der Waals surface area contributed by atoms with Crippen molar-refractivity contribution < 1.29 is 57.2 Å².